The lowest BCUT2D eigenvalue weighted by Gasteiger charge is -2.33. The third-order valence-electron chi connectivity index (χ3n) is 5.36. The summed E-state index contributed by atoms with van der Waals surface area (Å²) in [5.74, 6) is 0.179. The van der Waals surface area contributed by atoms with Gasteiger partial charge in [-0.3, -0.25) is 9.59 Å². The van der Waals surface area contributed by atoms with E-state index >= 15 is 0 Å². The lowest BCUT2D eigenvalue weighted by molar-refractivity contribution is -0.123. The number of aryl methyl sites for hydroxylation is 1. The highest BCUT2D eigenvalue weighted by molar-refractivity contribution is 5.99. The Labute approximate surface area is 165 Å². The molecule has 0 unspecified atom stereocenters. The van der Waals surface area contributed by atoms with Gasteiger partial charge in [0.1, 0.15) is 5.75 Å². The Morgan fingerprint density at radius 3 is 2.54 bits per heavy atom. The topological polar surface area (TPSA) is 61.9 Å². The Balaban J connectivity index is 1.49. The summed E-state index contributed by atoms with van der Waals surface area (Å²) in [7, 11) is 0. The minimum atomic E-state index is -0.752. The van der Waals surface area contributed by atoms with Gasteiger partial charge in [-0.25, -0.2) is 0 Å². The number of rotatable bonds is 3. The lowest BCUT2D eigenvalue weighted by atomic mass is 10.1. The minimum absolute atomic E-state index is 0.112. The quantitative estimate of drug-likeness (QED) is 0.888. The molecule has 2 aliphatic heterocycles. The first-order chi connectivity index (χ1) is 13.5. The van der Waals surface area contributed by atoms with Gasteiger partial charge in [-0.1, -0.05) is 12.1 Å². The van der Waals surface area contributed by atoms with Gasteiger partial charge in [-0.2, -0.15) is 0 Å². The molecule has 1 saturated heterocycles. The number of para-hydroxylation sites is 2. The van der Waals surface area contributed by atoms with Crippen molar-refractivity contribution in [2.75, 3.05) is 34.8 Å². The van der Waals surface area contributed by atoms with Crippen LogP contribution in [0, 0.1) is 6.92 Å². The van der Waals surface area contributed by atoms with Gasteiger partial charge in [-0.15, -0.1) is 0 Å². The van der Waals surface area contributed by atoms with Crippen LogP contribution in [0.15, 0.2) is 42.5 Å². The fourth-order valence-corrected chi connectivity index (χ4v) is 3.94. The summed E-state index contributed by atoms with van der Waals surface area (Å²) in [6.07, 6.45) is 1.70. The van der Waals surface area contributed by atoms with Crippen molar-refractivity contribution in [3.8, 4) is 5.75 Å². The van der Waals surface area contributed by atoms with Gasteiger partial charge in [0.2, 0.25) is 5.91 Å². The van der Waals surface area contributed by atoms with Crippen LogP contribution in [0.2, 0.25) is 0 Å². The molecule has 6 heteroatoms. The van der Waals surface area contributed by atoms with E-state index < -0.39 is 6.10 Å². The molecule has 0 radical (unpaired) electrons. The third-order valence-corrected chi connectivity index (χ3v) is 5.36. The molecule has 2 aliphatic rings. The van der Waals surface area contributed by atoms with E-state index in [1.54, 1.807) is 11.0 Å². The maximum atomic E-state index is 12.8. The predicted octanol–water partition coefficient (Wildman–Crippen LogP) is 3.35. The number of amides is 2. The van der Waals surface area contributed by atoms with Crippen molar-refractivity contribution in [2.45, 2.75) is 32.8 Å². The minimum Gasteiger partial charge on any atom is -0.476 e. The first-order valence-electron chi connectivity index (χ1n) is 9.73. The number of nitrogens with one attached hydrogen (secondary N) is 1. The molecule has 2 aromatic rings. The van der Waals surface area contributed by atoms with E-state index in [4.69, 9.17) is 4.74 Å². The molecule has 0 aliphatic carbocycles. The van der Waals surface area contributed by atoms with Crippen LogP contribution >= 0.6 is 0 Å². The molecular weight excluding hydrogens is 354 g/mol. The van der Waals surface area contributed by atoms with E-state index in [2.05, 4.69) is 23.2 Å². The third kappa shape index (κ3) is 3.54. The summed E-state index contributed by atoms with van der Waals surface area (Å²) >= 11 is 0. The number of carbonyl (C=O) groups excluding carboxylic acids is 2. The number of carbonyl (C=O) groups is 2. The zero-order valence-electron chi connectivity index (χ0n) is 16.3. The van der Waals surface area contributed by atoms with Crippen LogP contribution in [0.4, 0.5) is 17.1 Å². The van der Waals surface area contributed by atoms with E-state index in [9.17, 15) is 9.59 Å². The van der Waals surface area contributed by atoms with Crippen LogP contribution in [-0.4, -0.2) is 37.6 Å². The van der Waals surface area contributed by atoms with Crippen molar-refractivity contribution in [3.05, 3.63) is 48.0 Å². The molecule has 4 rings (SSSR count). The normalized spacial score (nSPS) is 18.4. The molecule has 1 N–H and O–H groups in total. The summed E-state index contributed by atoms with van der Waals surface area (Å²) in [5, 5.41) is 2.94. The smallest absolute Gasteiger partial charge is 0.267 e. The Hall–Kier alpha value is -3.02. The molecule has 1 atom stereocenters. The molecule has 0 saturated carbocycles. The molecule has 2 amide bonds. The van der Waals surface area contributed by atoms with Crippen molar-refractivity contribution in [2.24, 2.45) is 0 Å². The highest BCUT2D eigenvalue weighted by Crippen LogP contribution is 2.33. The van der Waals surface area contributed by atoms with Crippen molar-refractivity contribution >= 4 is 28.9 Å². The predicted molar refractivity (Wildman–Crippen MR) is 110 cm³/mol. The number of hydrogen-bond acceptors (Lipinski definition) is 4. The lowest BCUT2D eigenvalue weighted by Crippen LogP contribution is -2.48. The second kappa shape index (κ2) is 7.54. The van der Waals surface area contributed by atoms with Gasteiger partial charge in [0.15, 0.2) is 6.10 Å². The van der Waals surface area contributed by atoms with Crippen LogP contribution in [0.1, 0.15) is 25.3 Å². The molecule has 0 spiro atoms. The fourth-order valence-electron chi connectivity index (χ4n) is 3.94. The van der Waals surface area contributed by atoms with E-state index in [0.717, 1.165) is 24.3 Å². The molecule has 146 valence electrons. The van der Waals surface area contributed by atoms with Gasteiger partial charge in [0.05, 0.1) is 12.2 Å². The van der Waals surface area contributed by atoms with Gasteiger partial charge in [-0.05, 0) is 55.7 Å². The number of nitrogens with zero attached hydrogens (tertiary/aromatic N) is 2. The Bertz CT molecular complexity index is 906. The largest absolute Gasteiger partial charge is 0.476 e. The van der Waals surface area contributed by atoms with E-state index in [1.165, 1.54) is 25.5 Å². The van der Waals surface area contributed by atoms with E-state index in [-0.39, 0.29) is 18.4 Å². The van der Waals surface area contributed by atoms with Crippen molar-refractivity contribution in [3.63, 3.8) is 0 Å². The van der Waals surface area contributed by atoms with Gasteiger partial charge in [0, 0.05) is 31.4 Å². The maximum Gasteiger partial charge on any atom is 0.267 e. The molecule has 2 heterocycles. The maximum absolute atomic E-state index is 12.8. The molecule has 6 nitrogen and oxygen atoms in total. The first kappa shape index (κ1) is 18.3. The summed E-state index contributed by atoms with van der Waals surface area (Å²) < 4.78 is 5.87. The average molecular weight is 379 g/mol. The fraction of sp³-hybridized carbons (Fsp3) is 0.364. The number of fused-ring (bicyclic) bond motifs is 1. The molecular formula is C22H25N3O3. The number of ether oxygens (including phenoxy) is 1. The van der Waals surface area contributed by atoms with Gasteiger partial charge >= 0.3 is 0 Å². The number of anilines is 3. The zero-order chi connectivity index (χ0) is 19.7. The summed E-state index contributed by atoms with van der Waals surface area (Å²) in [4.78, 5) is 28.8. The molecule has 0 aromatic heterocycles. The van der Waals surface area contributed by atoms with Crippen LogP contribution in [0.5, 0.6) is 5.75 Å². The van der Waals surface area contributed by atoms with Gasteiger partial charge < -0.3 is 19.9 Å². The standard InChI is InChI=1S/C22H25N3O3/c1-15-13-17(9-10-18(15)24-11-5-6-12-24)23-22(27)21-14-25(16(2)26)19-7-3-4-8-20(19)28-21/h3-4,7-10,13,21H,5-6,11-12,14H2,1-2H3,(H,23,27)/t21-/m1/s1. The second-order valence-corrected chi connectivity index (χ2v) is 7.39. The average Bonchev–Trinajstić information content (AvgIpc) is 3.21. The number of hydrogen-bond donors (Lipinski definition) is 1. The Morgan fingerprint density at radius 2 is 1.82 bits per heavy atom. The molecule has 0 bridgehead atoms. The highest BCUT2D eigenvalue weighted by atomic mass is 16.5. The SMILES string of the molecule is CC(=O)N1C[C@H](C(=O)Nc2ccc(N3CCCC3)c(C)c2)Oc2ccccc21. The number of benzene rings is 2. The molecule has 2 aromatic carbocycles. The van der Waals surface area contributed by atoms with Crippen LogP contribution in [0.3, 0.4) is 0 Å². The van der Waals surface area contributed by atoms with Gasteiger partial charge in [0.25, 0.3) is 5.91 Å². The summed E-state index contributed by atoms with van der Waals surface area (Å²) in [6, 6.07) is 13.3. The zero-order valence-corrected chi connectivity index (χ0v) is 16.3. The summed E-state index contributed by atoms with van der Waals surface area (Å²) in [5.41, 5.74) is 3.80. The monoisotopic (exact) mass is 379 g/mol. The Morgan fingerprint density at radius 1 is 1.07 bits per heavy atom. The molecule has 28 heavy (non-hydrogen) atoms. The van der Waals surface area contributed by atoms with Crippen molar-refractivity contribution in [1.29, 1.82) is 0 Å². The van der Waals surface area contributed by atoms with E-state index in [0.29, 0.717) is 11.4 Å². The van der Waals surface area contributed by atoms with Crippen LogP contribution in [-0.2, 0) is 9.59 Å². The van der Waals surface area contributed by atoms with Crippen molar-refractivity contribution < 1.29 is 14.3 Å². The van der Waals surface area contributed by atoms with Crippen LogP contribution in [0.25, 0.3) is 0 Å². The van der Waals surface area contributed by atoms with E-state index in [1.807, 2.05) is 30.3 Å². The summed E-state index contributed by atoms with van der Waals surface area (Å²) in [6.45, 7) is 5.93. The highest BCUT2D eigenvalue weighted by Gasteiger charge is 2.32. The van der Waals surface area contributed by atoms with Crippen molar-refractivity contribution in [1.82, 2.24) is 0 Å². The first-order valence-corrected chi connectivity index (χ1v) is 9.73. The second-order valence-electron chi connectivity index (χ2n) is 7.39. The molecule has 1 fully saturated rings. The van der Waals surface area contributed by atoms with Crippen LogP contribution < -0.4 is 19.9 Å². The Kier molecular flexibility index (Phi) is 4.94.